The van der Waals surface area contributed by atoms with Crippen LogP contribution in [0.5, 0.6) is 0 Å². The highest BCUT2D eigenvalue weighted by atomic mass is 16.5. The van der Waals surface area contributed by atoms with Gasteiger partial charge in [0.2, 0.25) is 0 Å². The maximum Gasteiger partial charge on any atom is 0.319 e. The second-order valence-electron chi connectivity index (χ2n) is 5.03. The van der Waals surface area contributed by atoms with E-state index in [1.54, 1.807) is 26.0 Å². The van der Waals surface area contributed by atoms with E-state index in [0.717, 1.165) is 0 Å². The van der Waals surface area contributed by atoms with Crippen molar-refractivity contribution in [2.45, 2.75) is 40.7 Å². The molecule has 3 heteroatoms. The fraction of sp³-hybridized carbons (Fsp3) is 0.667. The number of hydrogen-bond acceptors (Lipinski definition) is 3. The van der Waals surface area contributed by atoms with Crippen LogP contribution in [0.3, 0.4) is 0 Å². The van der Waals surface area contributed by atoms with Crippen molar-refractivity contribution in [3.8, 4) is 0 Å². The first kappa shape index (κ1) is 12.0. The van der Waals surface area contributed by atoms with Gasteiger partial charge >= 0.3 is 5.97 Å². The molecule has 0 aromatic carbocycles. The number of Topliss-reactive ketones (excluding diaryl/α,β-unsaturated/α-hetero) is 1. The molecule has 1 aliphatic heterocycles. The summed E-state index contributed by atoms with van der Waals surface area (Å²) in [6.45, 7) is 8.70. The van der Waals surface area contributed by atoms with Gasteiger partial charge in [0.15, 0.2) is 5.78 Å². The van der Waals surface area contributed by atoms with E-state index in [2.05, 4.69) is 0 Å². The van der Waals surface area contributed by atoms with Crippen LogP contribution in [0.15, 0.2) is 12.2 Å². The minimum absolute atomic E-state index is 0.0608. The second kappa shape index (κ2) is 3.47. The van der Waals surface area contributed by atoms with E-state index in [4.69, 9.17) is 4.74 Å². The Morgan fingerprint density at radius 3 is 2.20 bits per heavy atom. The molecule has 0 spiro atoms. The van der Waals surface area contributed by atoms with Gasteiger partial charge in [-0.05, 0) is 40.7 Å². The highest BCUT2D eigenvalue weighted by molar-refractivity contribution is 6.07. The summed E-state index contributed by atoms with van der Waals surface area (Å²) in [6, 6.07) is 0. The first-order chi connectivity index (χ1) is 6.74. The number of ketones is 1. The maximum atomic E-state index is 12.1. The molecule has 0 aromatic heterocycles. The van der Waals surface area contributed by atoms with Crippen molar-refractivity contribution < 1.29 is 14.3 Å². The van der Waals surface area contributed by atoms with Crippen LogP contribution in [0.25, 0.3) is 0 Å². The third-order valence-corrected chi connectivity index (χ3v) is 2.98. The molecule has 3 nitrogen and oxygen atoms in total. The lowest BCUT2D eigenvalue weighted by molar-refractivity contribution is -0.181. The zero-order chi connectivity index (χ0) is 11.9. The van der Waals surface area contributed by atoms with Crippen LogP contribution < -0.4 is 0 Å². The highest BCUT2D eigenvalue weighted by Crippen LogP contribution is 2.40. The van der Waals surface area contributed by atoms with Crippen molar-refractivity contribution in [3.05, 3.63) is 12.2 Å². The first-order valence-electron chi connectivity index (χ1n) is 5.13. The number of rotatable bonds is 1. The van der Waals surface area contributed by atoms with Crippen molar-refractivity contribution in [3.63, 3.8) is 0 Å². The summed E-state index contributed by atoms with van der Waals surface area (Å²) in [7, 11) is 0. The van der Waals surface area contributed by atoms with Crippen molar-refractivity contribution in [1.29, 1.82) is 0 Å². The maximum absolute atomic E-state index is 12.1. The Balaban J connectivity index is 3.13. The van der Waals surface area contributed by atoms with Gasteiger partial charge in [-0.1, -0.05) is 6.08 Å². The number of carbonyl (C=O) groups is 2. The van der Waals surface area contributed by atoms with E-state index in [1.165, 1.54) is 0 Å². The first-order valence-corrected chi connectivity index (χ1v) is 5.13. The monoisotopic (exact) mass is 210 g/mol. The minimum Gasteiger partial charge on any atom is -0.456 e. The number of cyclic esters (lactones) is 1. The summed E-state index contributed by atoms with van der Waals surface area (Å²) in [5.74, 6) is -0.496. The van der Waals surface area contributed by atoms with Crippen molar-refractivity contribution in [2.24, 2.45) is 10.8 Å². The lowest BCUT2D eigenvalue weighted by Gasteiger charge is -2.41. The Labute approximate surface area is 90.5 Å². The molecule has 15 heavy (non-hydrogen) atoms. The van der Waals surface area contributed by atoms with Gasteiger partial charge in [-0.15, -0.1) is 0 Å². The Bertz CT molecular complexity index is 324. The van der Waals surface area contributed by atoms with Crippen LogP contribution in [-0.4, -0.2) is 17.9 Å². The van der Waals surface area contributed by atoms with Gasteiger partial charge in [0.1, 0.15) is 11.5 Å². The van der Waals surface area contributed by atoms with E-state index < -0.39 is 22.9 Å². The lowest BCUT2D eigenvalue weighted by atomic mass is 9.68. The Hall–Kier alpha value is -1.12. The molecule has 0 bridgehead atoms. The SMILES string of the molecule is C/C=C/[C@@H]1OC(=O)C(C)(C)C(=O)C1(C)C. The molecule has 0 radical (unpaired) electrons. The van der Waals surface area contributed by atoms with E-state index >= 15 is 0 Å². The third-order valence-electron chi connectivity index (χ3n) is 2.98. The molecule has 0 N–H and O–H groups in total. The quantitative estimate of drug-likeness (QED) is 0.378. The van der Waals surface area contributed by atoms with Crippen LogP contribution >= 0.6 is 0 Å². The summed E-state index contributed by atoms with van der Waals surface area (Å²) in [4.78, 5) is 23.8. The van der Waals surface area contributed by atoms with Crippen LogP contribution in [-0.2, 0) is 14.3 Å². The number of allylic oxidation sites excluding steroid dienone is 1. The van der Waals surface area contributed by atoms with Crippen molar-refractivity contribution >= 4 is 11.8 Å². The van der Waals surface area contributed by atoms with Gasteiger partial charge < -0.3 is 4.74 Å². The summed E-state index contributed by atoms with van der Waals surface area (Å²) in [6.07, 6.45) is 3.10. The number of esters is 1. The van der Waals surface area contributed by atoms with Gasteiger partial charge in [-0.25, -0.2) is 0 Å². The molecule has 1 heterocycles. The summed E-state index contributed by atoms with van der Waals surface area (Å²) in [5.41, 5.74) is -1.68. The van der Waals surface area contributed by atoms with Gasteiger partial charge in [0.05, 0.1) is 5.41 Å². The molecule has 1 atom stereocenters. The van der Waals surface area contributed by atoms with Gasteiger partial charge in [-0.3, -0.25) is 9.59 Å². The molecule has 0 aromatic rings. The molecule has 0 saturated carbocycles. The average Bonchev–Trinajstić information content (AvgIpc) is 2.13. The number of ether oxygens (including phenoxy) is 1. The van der Waals surface area contributed by atoms with Gasteiger partial charge in [-0.2, -0.15) is 0 Å². The molecule has 84 valence electrons. The predicted octanol–water partition coefficient (Wildman–Crippen LogP) is 2.11. The molecule has 0 aliphatic carbocycles. The standard InChI is InChI=1S/C12H18O3/c1-6-7-8-11(2,3)9(13)12(4,5)10(14)15-8/h6-8H,1-5H3/b7-6+/t8-/m0/s1. The number of carbonyl (C=O) groups excluding carboxylic acids is 2. The highest BCUT2D eigenvalue weighted by Gasteiger charge is 2.54. The molecular weight excluding hydrogens is 192 g/mol. The molecule has 0 amide bonds. The minimum atomic E-state index is -1.03. The summed E-state index contributed by atoms with van der Waals surface area (Å²) >= 11 is 0. The van der Waals surface area contributed by atoms with E-state index in [-0.39, 0.29) is 5.78 Å². The van der Waals surface area contributed by atoms with E-state index in [9.17, 15) is 9.59 Å². The molecule has 1 saturated heterocycles. The zero-order valence-corrected chi connectivity index (χ0v) is 9.96. The van der Waals surface area contributed by atoms with E-state index in [0.29, 0.717) is 0 Å². The van der Waals surface area contributed by atoms with Crippen LogP contribution in [0.1, 0.15) is 34.6 Å². The normalized spacial score (nSPS) is 29.3. The van der Waals surface area contributed by atoms with Crippen LogP contribution in [0.2, 0.25) is 0 Å². The van der Waals surface area contributed by atoms with Crippen molar-refractivity contribution in [2.75, 3.05) is 0 Å². The summed E-state index contributed by atoms with van der Waals surface area (Å²) in [5, 5.41) is 0. The Kier molecular flexibility index (Phi) is 2.77. The smallest absolute Gasteiger partial charge is 0.319 e. The molecular formula is C12H18O3. The molecule has 1 rings (SSSR count). The second-order valence-corrected chi connectivity index (χ2v) is 5.03. The topological polar surface area (TPSA) is 43.4 Å². The van der Waals surface area contributed by atoms with Crippen LogP contribution in [0.4, 0.5) is 0 Å². The molecule has 1 aliphatic rings. The van der Waals surface area contributed by atoms with Gasteiger partial charge in [0, 0.05) is 0 Å². The Morgan fingerprint density at radius 1 is 1.20 bits per heavy atom. The summed E-state index contributed by atoms with van der Waals surface area (Å²) < 4.78 is 5.28. The predicted molar refractivity (Wildman–Crippen MR) is 57.3 cm³/mol. The van der Waals surface area contributed by atoms with E-state index in [1.807, 2.05) is 20.8 Å². The average molecular weight is 210 g/mol. The lowest BCUT2D eigenvalue weighted by Crippen LogP contribution is -2.55. The zero-order valence-electron chi connectivity index (χ0n) is 9.96. The fourth-order valence-corrected chi connectivity index (χ4v) is 1.89. The van der Waals surface area contributed by atoms with Crippen molar-refractivity contribution in [1.82, 2.24) is 0 Å². The molecule has 0 unspecified atom stereocenters. The van der Waals surface area contributed by atoms with Crippen LogP contribution in [0, 0.1) is 10.8 Å². The Morgan fingerprint density at radius 2 is 1.73 bits per heavy atom. The molecule has 1 fully saturated rings. The number of hydrogen-bond donors (Lipinski definition) is 0. The largest absolute Gasteiger partial charge is 0.456 e. The third kappa shape index (κ3) is 1.71. The fourth-order valence-electron chi connectivity index (χ4n) is 1.89. The van der Waals surface area contributed by atoms with Gasteiger partial charge in [0.25, 0.3) is 0 Å².